The molecule has 13 heavy (non-hydrogen) atoms. The van der Waals surface area contributed by atoms with E-state index in [4.69, 9.17) is 5.26 Å². The van der Waals surface area contributed by atoms with Crippen molar-refractivity contribution in [1.82, 2.24) is 0 Å². The summed E-state index contributed by atoms with van der Waals surface area (Å²) in [7, 11) is 0. The molecule has 1 aromatic carbocycles. The van der Waals surface area contributed by atoms with Crippen LogP contribution in [0.25, 0.3) is 0 Å². The highest BCUT2D eigenvalue weighted by Gasteiger charge is 2.09. The van der Waals surface area contributed by atoms with Gasteiger partial charge in [0, 0.05) is 9.49 Å². The Balaban J connectivity index is 3.12. The largest absolute Gasteiger partial charge is 0.250 e. The lowest BCUT2D eigenvalue weighted by atomic mass is 10.0. The Hall–Kier alpha value is -0.630. The summed E-state index contributed by atoms with van der Waals surface area (Å²) < 4.78 is 13.3. The predicted octanol–water partition coefficient (Wildman–Crippen LogP) is 3.05. The summed E-state index contributed by atoms with van der Waals surface area (Å²) in [5, 5.41) is 8.64. The third-order valence-corrected chi connectivity index (χ3v) is 2.73. The van der Waals surface area contributed by atoms with E-state index in [0.717, 1.165) is 9.13 Å². The molecule has 0 aliphatic rings. The highest BCUT2D eigenvalue weighted by atomic mass is 127. The van der Waals surface area contributed by atoms with Crippen LogP contribution in [-0.2, 0) is 0 Å². The molecule has 0 aromatic heterocycles. The Morgan fingerprint density at radius 3 is 2.85 bits per heavy atom. The number of hydrogen-bond acceptors (Lipinski definition) is 1. The lowest BCUT2D eigenvalue weighted by Crippen LogP contribution is -1.99. The van der Waals surface area contributed by atoms with Crippen LogP contribution in [0.4, 0.5) is 4.39 Å². The second kappa shape index (κ2) is 4.56. The summed E-state index contributed by atoms with van der Waals surface area (Å²) in [6.07, 6.45) is 0. The van der Waals surface area contributed by atoms with Crippen LogP contribution in [0.15, 0.2) is 18.2 Å². The fraction of sp³-hybridized carbons (Fsp3) is 0.200. The smallest absolute Gasteiger partial charge is 0.0991 e. The van der Waals surface area contributed by atoms with Crippen molar-refractivity contribution in [2.75, 3.05) is 6.67 Å². The predicted molar refractivity (Wildman–Crippen MR) is 57.9 cm³/mol. The molecule has 1 unspecified atom stereocenters. The first-order valence-electron chi connectivity index (χ1n) is 3.77. The van der Waals surface area contributed by atoms with Crippen LogP contribution in [0.5, 0.6) is 0 Å². The first-order valence-corrected chi connectivity index (χ1v) is 4.85. The zero-order chi connectivity index (χ0) is 9.84. The summed E-state index contributed by atoms with van der Waals surface area (Å²) in [5.74, 6) is -0.375. The van der Waals surface area contributed by atoms with Crippen molar-refractivity contribution in [1.29, 1.82) is 5.26 Å². The quantitative estimate of drug-likeness (QED) is 0.767. The van der Waals surface area contributed by atoms with Gasteiger partial charge in [-0.15, -0.1) is 0 Å². The van der Waals surface area contributed by atoms with E-state index in [2.05, 4.69) is 29.5 Å². The molecule has 3 heteroatoms. The maximum Gasteiger partial charge on any atom is 0.0991 e. The average Bonchev–Trinajstić information content (AvgIpc) is 2.17. The Morgan fingerprint density at radius 2 is 2.31 bits per heavy atom. The number of nitriles is 1. The van der Waals surface area contributed by atoms with Crippen molar-refractivity contribution < 1.29 is 4.39 Å². The highest BCUT2D eigenvalue weighted by molar-refractivity contribution is 14.1. The number of hydrogen-bond donors (Lipinski definition) is 0. The van der Waals surface area contributed by atoms with Gasteiger partial charge in [0.05, 0.1) is 18.3 Å². The molecule has 1 atom stereocenters. The van der Waals surface area contributed by atoms with Gasteiger partial charge in [-0.1, -0.05) is 0 Å². The zero-order valence-corrected chi connectivity index (χ0v) is 9.08. The first kappa shape index (κ1) is 10.5. The molecule has 0 N–H and O–H groups in total. The number of alkyl halides is 1. The van der Waals surface area contributed by atoms with Crippen LogP contribution in [-0.4, -0.2) is 6.67 Å². The van der Waals surface area contributed by atoms with Gasteiger partial charge in [-0.25, -0.2) is 0 Å². The highest BCUT2D eigenvalue weighted by Crippen LogP contribution is 2.22. The van der Waals surface area contributed by atoms with Crippen LogP contribution in [0.2, 0.25) is 0 Å². The SMILES string of the molecule is [CH2]C(CF)c1cc(C#N)ccc1I. The van der Waals surface area contributed by atoms with Crippen LogP contribution in [0, 0.1) is 21.8 Å². The lowest BCUT2D eigenvalue weighted by Gasteiger charge is -2.09. The fourth-order valence-corrected chi connectivity index (χ4v) is 1.79. The van der Waals surface area contributed by atoms with Gasteiger partial charge < -0.3 is 0 Å². The molecule has 0 fully saturated rings. The Bertz CT molecular complexity index is 343. The Morgan fingerprint density at radius 1 is 1.62 bits per heavy atom. The van der Waals surface area contributed by atoms with Crippen molar-refractivity contribution in [2.45, 2.75) is 5.92 Å². The minimum absolute atomic E-state index is 0.375. The van der Waals surface area contributed by atoms with Crippen molar-refractivity contribution in [2.24, 2.45) is 0 Å². The van der Waals surface area contributed by atoms with E-state index in [-0.39, 0.29) is 5.92 Å². The molecule has 0 aliphatic carbocycles. The molecule has 0 heterocycles. The van der Waals surface area contributed by atoms with E-state index in [0.29, 0.717) is 5.56 Å². The number of nitrogens with zero attached hydrogens (tertiary/aromatic N) is 1. The van der Waals surface area contributed by atoms with Gasteiger partial charge in [-0.05, 0) is 53.3 Å². The first-order chi connectivity index (χ1) is 6.19. The van der Waals surface area contributed by atoms with Gasteiger partial charge in [-0.2, -0.15) is 5.26 Å². The molecule has 0 saturated carbocycles. The van der Waals surface area contributed by atoms with E-state index < -0.39 is 6.67 Å². The summed E-state index contributed by atoms with van der Waals surface area (Å²) >= 11 is 2.12. The molecule has 0 saturated heterocycles. The lowest BCUT2D eigenvalue weighted by molar-refractivity contribution is 0.464. The molecule has 1 aromatic rings. The van der Waals surface area contributed by atoms with Crippen LogP contribution < -0.4 is 0 Å². The van der Waals surface area contributed by atoms with Crippen molar-refractivity contribution >= 4 is 22.6 Å². The third-order valence-electron chi connectivity index (χ3n) is 1.75. The average molecular weight is 288 g/mol. The normalized spacial score (nSPS) is 12.2. The van der Waals surface area contributed by atoms with Crippen molar-refractivity contribution in [3.8, 4) is 6.07 Å². The van der Waals surface area contributed by atoms with Gasteiger partial charge in [0.25, 0.3) is 0 Å². The molecule has 0 bridgehead atoms. The van der Waals surface area contributed by atoms with Crippen molar-refractivity contribution in [3.05, 3.63) is 39.8 Å². The third kappa shape index (κ3) is 2.41. The van der Waals surface area contributed by atoms with Crippen molar-refractivity contribution in [3.63, 3.8) is 0 Å². The minimum atomic E-state index is -0.495. The van der Waals surface area contributed by atoms with Gasteiger partial charge in [0.1, 0.15) is 0 Å². The van der Waals surface area contributed by atoms with E-state index in [9.17, 15) is 4.39 Å². The monoisotopic (exact) mass is 288 g/mol. The van der Waals surface area contributed by atoms with E-state index in [1.54, 1.807) is 12.1 Å². The summed E-state index contributed by atoms with van der Waals surface area (Å²) in [6, 6.07) is 7.24. The van der Waals surface area contributed by atoms with Gasteiger partial charge in [0.2, 0.25) is 0 Å². The molecular weight excluding hydrogens is 280 g/mol. The van der Waals surface area contributed by atoms with Gasteiger partial charge >= 0.3 is 0 Å². The topological polar surface area (TPSA) is 23.8 Å². The maximum absolute atomic E-state index is 12.3. The molecular formula is C10H8FIN. The fourth-order valence-electron chi connectivity index (χ4n) is 1.01. The zero-order valence-electron chi connectivity index (χ0n) is 6.93. The van der Waals surface area contributed by atoms with Crippen LogP contribution in [0.1, 0.15) is 17.0 Å². The summed E-state index contributed by atoms with van der Waals surface area (Å²) in [5.41, 5.74) is 1.36. The standard InChI is InChI=1S/C10H8FIN/c1-7(5-11)9-4-8(6-13)2-3-10(9)12/h2-4,7H,1,5H2. The van der Waals surface area contributed by atoms with Crippen LogP contribution >= 0.6 is 22.6 Å². The maximum atomic E-state index is 12.3. The second-order valence-corrected chi connectivity index (χ2v) is 3.86. The molecule has 1 rings (SSSR count). The number of benzene rings is 1. The molecule has 0 spiro atoms. The Kier molecular flexibility index (Phi) is 3.67. The van der Waals surface area contributed by atoms with E-state index in [1.165, 1.54) is 0 Å². The molecule has 1 nitrogen and oxygen atoms in total. The number of halogens is 2. The second-order valence-electron chi connectivity index (χ2n) is 2.70. The van der Waals surface area contributed by atoms with Gasteiger partial charge in [0.15, 0.2) is 0 Å². The summed E-state index contributed by atoms with van der Waals surface area (Å²) in [4.78, 5) is 0. The van der Waals surface area contributed by atoms with E-state index in [1.807, 2.05) is 12.1 Å². The van der Waals surface area contributed by atoms with E-state index >= 15 is 0 Å². The molecule has 0 amide bonds. The molecule has 0 aliphatic heterocycles. The molecule has 67 valence electrons. The van der Waals surface area contributed by atoms with Crippen LogP contribution in [0.3, 0.4) is 0 Å². The number of rotatable bonds is 2. The molecule has 1 radical (unpaired) electrons. The van der Waals surface area contributed by atoms with Gasteiger partial charge in [-0.3, -0.25) is 4.39 Å². The Labute approximate surface area is 90.7 Å². The minimum Gasteiger partial charge on any atom is -0.250 e. The summed E-state index contributed by atoms with van der Waals surface area (Å²) in [6.45, 7) is 3.18.